The van der Waals surface area contributed by atoms with Crippen LogP contribution >= 0.6 is 0 Å². The van der Waals surface area contributed by atoms with Crippen molar-refractivity contribution in [2.24, 2.45) is 5.92 Å². The Bertz CT molecular complexity index is 1150. The number of nitrogens with one attached hydrogen (secondary N) is 1. The minimum atomic E-state index is -1.05. The molecule has 0 saturated carbocycles. The number of carbonyl (C=O) groups is 3. The van der Waals surface area contributed by atoms with Gasteiger partial charge in [-0.25, -0.2) is 14.8 Å². The van der Waals surface area contributed by atoms with Crippen LogP contribution in [0.15, 0.2) is 36.7 Å². The Hall–Kier alpha value is -3.73. The van der Waals surface area contributed by atoms with E-state index in [0.29, 0.717) is 30.4 Å². The SMILES string of the molecule is CC(=O)N1c2ccc(N3CCN(C(=O)OC(C)(C)C)CC3=O)cc2[C@H](Nc2ncccn2)[C@@H](C)[C@@H]1O. The molecule has 3 heterocycles. The van der Waals surface area contributed by atoms with Gasteiger partial charge in [0.15, 0.2) is 0 Å². The van der Waals surface area contributed by atoms with Crippen molar-refractivity contribution >= 4 is 35.2 Å². The highest BCUT2D eigenvalue weighted by molar-refractivity contribution is 5.99. The summed E-state index contributed by atoms with van der Waals surface area (Å²) in [6, 6.07) is 6.60. The minimum Gasteiger partial charge on any atom is -0.444 e. The summed E-state index contributed by atoms with van der Waals surface area (Å²) in [5.74, 6) is -0.550. The summed E-state index contributed by atoms with van der Waals surface area (Å²) in [5, 5.41) is 14.2. The van der Waals surface area contributed by atoms with Crippen molar-refractivity contribution in [3.05, 3.63) is 42.2 Å². The summed E-state index contributed by atoms with van der Waals surface area (Å²) in [7, 11) is 0. The van der Waals surface area contributed by atoms with E-state index < -0.39 is 29.9 Å². The standard InChI is InChI=1S/C25H32N6O5/c1-15-21(28-23-26-9-6-10-27-23)18-13-17(7-8-19(18)31(16(2)32)22(15)34)30-12-11-29(14-20(30)33)24(35)36-25(3,4)5/h6-10,13,15,21-22,34H,11-12,14H2,1-5H3,(H,26,27,28)/t15-,21-,22+/m1/s1. The lowest BCUT2D eigenvalue weighted by Crippen LogP contribution is -2.53. The second kappa shape index (κ2) is 9.73. The molecule has 1 aromatic carbocycles. The maximum Gasteiger partial charge on any atom is 0.410 e. The molecule has 11 heteroatoms. The van der Waals surface area contributed by atoms with Gasteiger partial charge < -0.3 is 20.1 Å². The van der Waals surface area contributed by atoms with Crippen molar-refractivity contribution in [1.29, 1.82) is 0 Å². The number of aliphatic hydroxyl groups is 1. The Morgan fingerprint density at radius 3 is 2.47 bits per heavy atom. The summed E-state index contributed by atoms with van der Waals surface area (Å²) in [6.07, 6.45) is 1.65. The maximum absolute atomic E-state index is 13.0. The Morgan fingerprint density at radius 2 is 1.86 bits per heavy atom. The normalized spacial score (nSPS) is 22.2. The van der Waals surface area contributed by atoms with E-state index in [2.05, 4.69) is 15.3 Å². The van der Waals surface area contributed by atoms with Crippen molar-refractivity contribution in [2.45, 2.75) is 52.5 Å². The van der Waals surface area contributed by atoms with E-state index in [1.165, 1.54) is 16.7 Å². The summed E-state index contributed by atoms with van der Waals surface area (Å²) in [6.45, 7) is 9.11. The van der Waals surface area contributed by atoms with Gasteiger partial charge in [0.1, 0.15) is 18.4 Å². The number of aromatic nitrogens is 2. The van der Waals surface area contributed by atoms with Gasteiger partial charge in [-0.15, -0.1) is 0 Å². The number of benzene rings is 1. The average Bonchev–Trinajstić information content (AvgIpc) is 2.81. The Balaban J connectivity index is 1.64. The van der Waals surface area contributed by atoms with Gasteiger partial charge in [0.2, 0.25) is 17.8 Å². The van der Waals surface area contributed by atoms with Crippen molar-refractivity contribution in [3.8, 4) is 0 Å². The van der Waals surface area contributed by atoms with Crippen LogP contribution in [0.5, 0.6) is 0 Å². The summed E-state index contributed by atoms with van der Waals surface area (Å²) in [5.41, 5.74) is 1.26. The van der Waals surface area contributed by atoms with Crippen LogP contribution in [0, 0.1) is 5.92 Å². The highest BCUT2D eigenvalue weighted by Gasteiger charge is 2.41. The highest BCUT2D eigenvalue weighted by Crippen LogP contribution is 2.43. The molecule has 1 saturated heterocycles. The molecule has 0 radical (unpaired) electrons. The number of hydrogen-bond donors (Lipinski definition) is 2. The molecule has 1 aromatic heterocycles. The summed E-state index contributed by atoms with van der Waals surface area (Å²) in [4.78, 5) is 50.7. The third-order valence-corrected chi connectivity index (χ3v) is 6.24. The molecule has 0 spiro atoms. The molecule has 2 aliphatic heterocycles. The summed E-state index contributed by atoms with van der Waals surface area (Å²) >= 11 is 0. The Kier molecular flexibility index (Phi) is 6.85. The number of ether oxygens (including phenoxy) is 1. The molecule has 0 aliphatic carbocycles. The fourth-order valence-corrected chi connectivity index (χ4v) is 4.52. The van der Waals surface area contributed by atoms with Gasteiger partial charge in [0.25, 0.3) is 0 Å². The quantitative estimate of drug-likeness (QED) is 0.664. The van der Waals surface area contributed by atoms with Crippen molar-refractivity contribution in [3.63, 3.8) is 0 Å². The number of piperazine rings is 1. The minimum absolute atomic E-state index is 0.0970. The summed E-state index contributed by atoms with van der Waals surface area (Å²) < 4.78 is 5.40. The number of fused-ring (bicyclic) bond motifs is 1. The molecule has 4 rings (SSSR count). The molecule has 3 atom stereocenters. The van der Waals surface area contributed by atoms with Gasteiger partial charge in [-0.1, -0.05) is 6.92 Å². The number of hydrogen-bond acceptors (Lipinski definition) is 8. The Morgan fingerprint density at radius 1 is 1.17 bits per heavy atom. The number of nitrogens with zero attached hydrogens (tertiary/aromatic N) is 5. The molecular formula is C25H32N6O5. The fraction of sp³-hybridized carbons (Fsp3) is 0.480. The zero-order valence-electron chi connectivity index (χ0n) is 21.1. The number of amides is 3. The first-order valence-electron chi connectivity index (χ1n) is 11.9. The largest absolute Gasteiger partial charge is 0.444 e. The number of carbonyl (C=O) groups excluding carboxylic acids is 3. The predicted octanol–water partition coefficient (Wildman–Crippen LogP) is 2.53. The van der Waals surface area contributed by atoms with Crippen molar-refractivity contribution < 1.29 is 24.2 Å². The topological polar surface area (TPSA) is 128 Å². The van der Waals surface area contributed by atoms with Crippen LogP contribution in [-0.4, -0.2) is 69.3 Å². The van der Waals surface area contributed by atoms with Gasteiger partial charge in [0.05, 0.1) is 11.7 Å². The Labute approximate surface area is 210 Å². The molecule has 2 N–H and O–H groups in total. The molecule has 11 nitrogen and oxygen atoms in total. The van der Waals surface area contributed by atoms with Crippen LogP contribution in [0.4, 0.5) is 22.1 Å². The molecule has 1 fully saturated rings. The first kappa shape index (κ1) is 25.4. The van der Waals surface area contributed by atoms with Gasteiger partial charge in [-0.2, -0.15) is 0 Å². The third kappa shape index (κ3) is 5.11. The van der Waals surface area contributed by atoms with Crippen LogP contribution in [0.1, 0.15) is 46.2 Å². The zero-order valence-corrected chi connectivity index (χ0v) is 21.1. The lowest BCUT2D eigenvalue weighted by Gasteiger charge is -2.43. The monoisotopic (exact) mass is 496 g/mol. The molecular weight excluding hydrogens is 464 g/mol. The van der Waals surface area contributed by atoms with E-state index in [1.54, 1.807) is 56.3 Å². The average molecular weight is 497 g/mol. The smallest absolute Gasteiger partial charge is 0.410 e. The highest BCUT2D eigenvalue weighted by atomic mass is 16.6. The van der Waals surface area contributed by atoms with Crippen LogP contribution in [-0.2, 0) is 14.3 Å². The van der Waals surface area contributed by atoms with Crippen molar-refractivity contribution in [2.75, 3.05) is 34.8 Å². The molecule has 2 aliphatic rings. The van der Waals surface area contributed by atoms with E-state index in [-0.39, 0.29) is 18.4 Å². The van der Waals surface area contributed by atoms with E-state index in [9.17, 15) is 19.5 Å². The van der Waals surface area contributed by atoms with Gasteiger partial charge in [-0.3, -0.25) is 19.4 Å². The molecule has 2 aromatic rings. The zero-order chi connectivity index (χ0) is 26.2. The van der Waals surface area contributed by atoms with Gasteiger partial charge in [-0.05, 0) is 45.0 Å². The van der Waals surface area contributed by atoms with Crippen LogP contribution < -0.4 is 15.1 Å². The van der Waals surface area contributed by atoms with Gasteiger partial charge >= 0.3 is 6.09 Å². The second-order valence-corrected chi connectivity index (χ2v) is 10.0. The van der Waals surface area contributed by atoms with E-state index in [4.69, 9.17) is 4.74 Å². The molecule has 0 unspecified atom stereocenters. The van der Waals surface area contributed by atoms with Gasteiger partial charge in [0, 0.05) is 49.6 Å². The molecule has 36 heavy (non-hydrogen) atoms. The van der Waals surface area contributed by atoms with Crippen LogP contribution in [0.2, 0.25) is 0 Å². The van der Waals surface area contributed by atoms with Crippen molar-refractivity contribution in [1.82, 2.24) is 14.9 Å². The number of rotatable bonds is 3. The predicted molar refractivity (Wildman–Crippen MR) is 133 cm³/mol. The first-order valence-corrected chi connectivity index (χ1v) is 11.9. The molecule has 192 valence electrons. The molecule has 0 bridgehead atoms. The van der Waals surface area contributed by atoms with Crippen LogP contribution in [0.25, 0.3) is 0 Å². The number of aliphatic hydroxyl groups excluding tert-OH is 1. The fourth-order valence-electron chi connectivity index (χ4n) is 4.52. The van der Waals surface area contributed by atoms with E-state index in [0.717, 1.165) is 5.56 Å². The van der Waals surface area contributed by atoms with E-state index >= 15 is 0 Å². The second-order valence-electron chi connectivity index (χ2n) is 10.0. The maximum atomic E-state index is 13.0. The third-order valence-electron chi connectivity index (χ3n) is 6.24. The van der Waals surface area contributed by atoms with E-state index in [1.807, 2.05) is 13.0 Å². The van der Waals surface area contributed by atoms with Crippen LogP contribution in [0.3, 0.4) is 0 Å². The lowest BCUT2D eigenvalue weighted by molar-refractivity contribution is -0.121. The number of anilines is 3. The molecule has 3 amide bonds. The lowest BCUT2D eigenvalue weighted by atomic mass is 9.86. The first-order chi connectivity index (χ1) is 17.0.